The van der Waals surface area contributed by atoms with Crippen LogP contribution < -0.4 is 5.73 Å². The van der Waals surface area contributed by atoms with Gasteiger partial charge in [0.1, 0.15) is 0 Å². The highest BCUT2D eigenvalue weighted by atomic mass is 15.0. The summed E-state index contributed by atoms with van der Waals surface area (Å²) in [5.41, 5.74) is 9.89. The zero-order valence-corrected chi connectivity index (χ0v) is 10.1. The molecular formula is C14H17N3. The molecule has 1 aromatic heterocycles. The van der Waals surface area contributed by atoms with Gasteiger partial charge in [-0.25, -0.2) is 4.98 Å². The molecule has 3 nitrogen and oxygen atoms in total. The average Bonchev–Trinajstić information content (AvgIpc) is 2.95. The summed E-state index contributed by atoms with van der Waals surface area (Å²) >= 11 is 0. The van der Waals surface area contributed by atoms with Gasteiger partial charge < -0.3 is 10.3 Å². The highest BCUT2D eigenvalue weighted by Crippen LogP contribution is 2.46. The van der Waals surface area contributed by atoms with Crippen molar-refractivity contribution in [3.05, 3.63) is 42.4 Å². The van der Waals surface area contributed by atoms with Gasteiger partial charge in [-0.05, 0) is 25.3 Å². The third-order valence-corrected chi connectivity index (χ3v) is 3.58. The summed E-state index contributed by atoms with van der Waals surface area (Å²) in [6.45, 7) is 3.06. The van der Waals surface area contributed by atoms with E-state index in [2.05, 4.69) is 40.7 Å². The molecule has 0 unspecified atom stereocenters. The quantitative estimate of drug-likeness (QED) is 0.875. The Bertz CT molecular complexity index is 538. The van der Waals surface area contributed by atoms with Crippen LogP contribution in [0.1, 0.15) is 25.3 Å². The fourth-order valence-electron chi connectivity index (χ4n) is 2.34. The summed E-state index contributed by atoms with van der Waals surface area (Å²) in [5.74, 6) is 0. The van der Waals surface area contributed by atoms with Crippen LogP contribution >= 0.6 is 0 Å². The van der Waals surface area contributed by atoms with Gasteiger partial charge in [0, 0.05) is 17.6 Å². The van der Waals surface area contributed by atoms with Crippen molar-refractivity contribution in [1.29, 1.82) is 0 Å². The minimum atomic E-state index is -0.0978. The molecule has 88 valence electrons. The molecule has 3 rings (SSSR count). The van der Waals surface area contributed by atoms with E-state index in [0.29, 0.717) is 0 Å². The molecule has 0 spiro atoms. The van der Waals surface area contributed by atoms with E-state index in [4.69, 9.17) is 5.73 Å². The Hall–Kier alpha value is -1.61. The van der Waals surface area contributed by atoms with Crippen LogP contribution in [0, 0.1) is 0 Å². The molecule has 1 saturated carbocycles. The minimum Gasteiger partial charge on any atom is -0.331 e. The first-order valence-electron chi connectivity index (χ1n) is 6.13. The second-order valence-electron chi connectivity index (χ2n) is 4.77. The molecule has 0 atom stereocenters. The highest BCUT2D eigenvalue weighted by Gasteiger charge is 2.41. The smallest absolute Gasteiger partial charge is 0.0950 e. The lowest BCUT2D eigenvalue weighted by Crippen LogP contribution is -2.20. The fourth-order valence-corrected chi connectivity index (χ4v) is 2.34. The van der Waals surface area contributed by atoms with Gasteiger partial charge in [-0.2, -0.15) is 0 Å². The number of benzene rings is 1. The molecule has 0 bridgehead atoms. The van der Waals surface area contributed by atoms with Crippen LogP contribution in [-0.4, -0.2) is 9.55 Å². The Kier molecular flexibility index (Phi) is 2.30. The van der Waals surface area contributed by atoms with Crippen LogP contribution in [0.25, 0.3) is 11.3 Å². The molecule has 1 aliphatic carbocycles. The fraction of sp³-hybridized carbons (Fsp3) is 0.357. The van der Waals surface area contributed by atoms with Crippen molar-refractivity contribution in [3.63, 3.8) is 0 Å². The van der Waals surface area contributed by atoms with Crippen LogP contribution in [0.4, 0.5) is 0 Å². The van der Waals surface area contributed by atoms with Crippen molar-refractivity contribution in [3.8, 4) is 11.3 Å². The molecule has 0 saturated heterocycles. The van der Waals surface area contributed by atoms with Gasteiger partial charge in [0.05, 0.1) is 18.2 Å². The topological polar surface area (TPSA) is 43.8 Å². The van der Waals surface area contributed by atoms with Gasteiger partial charge in [-0.15, -0.1) is 0 Å². The Labute approximate surface area is 101 Å². The Balaban J connectivity index is 2.15. The van der Waals surface area contributed by atoms with E-state index in [-0.39, 0.29) is 5.54 Å². The standard InChI is InChI=1S/C14H17N3/c1-2-17-10-16-9-13(17)11-5-3-4-6-12(11)14(15)7-8-14/h3-6,9-10H,2,7-8,15H2,1H3. The van der Waals surface area contributed by atoms with Crippen LogP contribution in [0.5, 0.6) is 0 Å². The van der Waals surface area contributed by atoms with Crippen molar-refractivity contribution < 1.29 is 0 Å². The number of hydrogen-bond acceptors (Lipinski definition) is 2. The van der Waals surface area contributed by atoms with Gasteiger partial charge >= 0.3 is 0 Å². The lowest BCUT2D eigenvalue weighted by Gasteiger charge is -2.15. The summed E-state index contributed by atoms with van der Waals surface area (Å²) in [7, 11) is 0. The van der Waals surface area contributed by atoms with Crippen LogP contribution in [0.3, 0.4) is 0 Å². The highest BCUT2D eigenvalue weighted by molar-refractivity contribution is 5.66. The van der Waals surface area contributed by atoms with Gasteiger partial charge in [-0.3, -0.25) is 0 Å². The zero-order valence-electron chi connectivity index (χ0n) is 10.1. The molecule has 0 aliphatic heterocycles. The molecule has 3 heteroatoms. The van der Waals surface area contributed by atoms with Gasteiger partial charge in [0.25, 0.3) is 0 Å². The maximum Gasteiger partial charge on any atom is 0.0950 e. The van der Waals surface area contributed by atoms with Crippen LogP contribution in [-0.2, 0) is 12.1 Å². The number of imidazole rings is 1. The van der Waals surface area contributed by atoms with E-state index in [1.54, 1.807) is 0 Å². The number of aryl methyl sites for hydroxylation is 1. The van der Waals surface area contributed by atoms with E-state index >= 15 is 0 Å². The summed E-state index contributed by atoms with van der Waals surface area (Å²) < 4.78 is 2.16. The third-order valence-electron chi connectivity index (χ3n) is 3.58. The maximum atomic E-state index is 6.34. The molecule has 2 N–H and O–H groups in total. The second kappa shape index (κ2) is 3.70. The Morgan fingerprint density at radius 2 is 2.12 bits per heavy atom. The third kappa shape index (κ3) is 1.67. The van der Waals surface area contributed by atoms with E-state index in [1.807, 2.05) is 12.5 Å². The molecule has 1 aromatic carbocycles. The number of hydrogen-bond donors (Lipinski definition) is 1. The molecule has 0 radical (unpaired) electrons. The van der Waals surface area contributed by atoms with Gasteiger partial charge in [0.15, 0.2) is 0 Å². The largest absolute Gasteiger partial charge is 0.331 e. The molecule has 1 aliphatic rings. The second-order valence-corrected chi connectivity index (χ2v) is 4.77. The van der Waals surface area contributed by atoms with Crippen molar-refractivity contribution in [2.75, 3.05) is 0 Å². The Morgan fingerprint density at radius 1 is 1.35 bits per heavy atom. The monoisotopic (exact) mass is 227 g/mol. The predicted molar refractivity (Wildman–Crippen MR) is 68.4 cm³/mol. The van der Waals surface area contributed by atoms with Crippen molar-refractivity contribution in [1.82, 2.24) is 9.55 Å². The van der Waals surface area contributed by atoms with Crippen molar-refractivity contribution in [2.45, 2.75) is 31.8 Å². The van der Waals surface area contributed by atoms with Crippen molar-refractivity contribution >= 4 is 0 Å². The number of rotatable bonds is 3. The van der Waals surface area contributed by atoms with Crippen LogP contribution in [0.15, 0.2) is 36.8 Å². The van der Waals surface area contributed by atoms with Crippen molar-refractivity contribution in [2.24, 2.45) is 5.73 Å². The van der Waals surface area contributed by atoms with Crippen LogP contribution in [0.2, 0.25) is 0 Å². The van der Waals surface area contributed by atoms with Gasteiger partial charge in [-0.1, -0.05) is 24.3 Å². The molecule has 1 heterocycles. The number of aromatic nitrogens is 2. The van der Waals surface area contributed by atoms with E-state index in [9.17, 15) is 0 Å². The van der Waals surface area contributed by atoms with E-state index in [1.165, 1.54) is 16.8 Å². The minimum absolute atomic E-state index is 0.0978. The lowest BCUT2D eigenvalue weighted by molar-refractivity contribution is 0.733. The molecule has 0 amide bonds. The number of nitrogens with zero attached hydrogens (tertiary/aromatic N) is 2. The van der Waals surface area contributed by atoms with E-state index in [0.717, 1.165) is 19.4 Å². The lowest BCUT2D eigenvalue weighted by atomic mass is 9.97. The summed E-state index contributed by atoms with van der Waals surface area (Å²) in [6, 6.07) is 8.43. The van der Waals surface area contributed by atoms with E-state index < -0.39 is 0 Å². The summed E-state index contributed by atoms with van der Waals surface area (Å²) in [6.07, 6.45) is 5.98. The van der Waals surface area contributed by atoms with Gasteiger partial charge in [0.2, 0.25) is 0 Å². The Morgan fingerprint density at radius 3 is 2.82 bits per heavy atom. The first kappa shape index (κ1) is 10.5. The first-order chi connectivity index (χ1) is 8.24. The normalized spacial score (nSPS) is 17.1. The molecule has 2 aromatic rings. The molecular weight excluding hydrogens is 210 g/mol. The summed E-state index contributed by atoms with van der Waals surface area (Å²) in [5, 5.41) is 0. The number of nitrogens with two attached hydrogens (primary N) is 1. The molecule has 1 fully saturated rings. The zero-order chi connectivity index (χ0) is 11.9. The predicted octanol–water partition coefficient (Wildman–Crippen LogP) is 2.52. The maximum absolute atomic E-state index is 6.34. The first-order valence-corrected chi connectivity index (χ1v) is 6.13. The average molecular weight is 227 g/mol. The molecule has 17 heavy (non-hydrogen) atoms. The SMILES string of the molecule is CCn1cncc1-c1ccccc1C1(N)CC1. The summed E-state index contributed by atoms with van der Waals surface area (Å²) in [4.78, 5) is 4.24.